The highest BCUT2D eigenvalue weighted by Gasteiger charge is 2.26. The van der Waals surface area contributed by atoms with Gasteiger partial charge >= 0.3 is 5.97 Å². The summed E-state index contributed by atoms with van der Waals surface area (Å²) in [6.07, 6.45) is 3.08. The van der Waals surface area contributed by atoms with E-state index < -0.39 is 12.0 Å². The summed E-state index contributed by atoms with van der Waals surface area (Å²) in [7, 11) is 0. The zero-order chi connectivity index (χ0) is 15.2. The van der Waals surface area contributed by atoms with Crippen molar-refractivity contribution in [1.29, 1.82) is 0 Å². The highest BCUT2D eigenvalue weighted by Crippen LogP contribution is 2.28. The third-order valence-electron chi connectivity index (χ3n) is 4.20. The number of benzene rings is 1. The van der Waals surface area contributed by atoms with Gasteiger partial charge < -0.3 is 16.2 Å². The predicted octanol–water partition coefficient (Wildman–Crippen LogP) is 1.69. The van der Waals surface area contributed by atoms with E-state index in [-0.39, 0.29) is 11.8 Å². The van der Waals surface area contributed by atoms with Crippen LogP contribution in [0, 0.1) is 11.8 Å². The van der Waals surface area contributed by atoms with E-state index in [4.69, 9.17) is 10.8 Å². The van der Waals surface area contributed by atoms with Crippen molar-refractivity contribution in [2.75, 3.05) is 6.54 Å². The first-order valence-corrected chi connectivity index (χ1v) is 7.39. The summed E-state index contributed by atoms with van der Waals surface area (Å²) >= 11 is 0. The molecular formula is C16H22N2O3. The lowest BCUT2D eigenvalue weighted by molar-refractivity contribution is -0.143. The molecule has 2 rings (SSSR count). The van der Waals surface area contributed by atoms with Crippen LogP contribution in [0.3, 0.4) is 0 Å². The maximum absolute atomic E-state index is 12.0. The Labute approximate surface area is 124 Å². The Morgan fingerprint density at radius 2 is 1.81 bits per heavy atom. The number of carbonyl (C=O) groups excluding carboxylic acids is 1. The molecule has 1 atom stereocenters. The number of aliphatic carboxylic acids is 1. The van der Waals surface area contributed by atoms with Gasteiger partial charge in [0.15, 0.2) is 0 Å². The van der Waals surface area contributed by atoms with Crippen LogP contribution in [-0.4, -0.2) is 23.5 Å². The maximum Gasteiger partial charge on any atom is 0.306 e. The molecular weight excluding hydrogens is 268 g/mol. The molecule has 1 saturated carbocycles. The van der Waals surface area contributed by atoms with Gasteiger partial charge in [0, 0.05) is 6.54 Å². The van der Waals surface area contributed by atoms with Crippen LogP contribution in [0.25, 0.3) is 0 Å². The minimum Gasteiger partial charge on any atom is -0.481 e. The average Bonchev–Trinajstić information content (AvgIpc) is 2.53. The monoisotopic (exact) mass is 290 g/mol. The molecule has 21 heavy (non-hydrogen) atoms. The van der Waals surface area contributed by atoms with Crippen LogP contribution in [0.4, 0.5) is 0 Å². The number of nitrogens with two attached hydrogens (primary N) is 1. The van der Waals surface area contributed by atoms with Crippen LogP contribution in [-0.2, 0) is 9.59 Å². The number of rotatable bonds is 5. The summed E-state index contributed by atoms with van der Waals surface area (Å²) < 4.78 is 0. The first-order valence-electron chi connectivity index (χ1n) is 7.39. The molecule has 0 saturated heterocycles. The van der Waals surface area contributed by atoms with Crippen molar-refractivity contribution in [2.24, 2.45) is 17.6 Å². The van der Waals surface area contributed by atoms with E-state index in [0.717, 1.165) is 18.4 Å². The average molecular weight is 290 g/mol. The Kier molecular flexibility index (Phi) is 5.33. The van der Waals surface area contributed by atoms with Crippen molar-refractivity contribution < 1.29 is 14.7 Å². The fraction of sp³-hybridized carbons (Fsp3) is 0.500. The van der Waals surface area contributed by atoms with Gasteiger partial charge in [0.1, 0.15) is 6.04 Å². The van der Waals surface area contributed by atoms with Gasteiger partial charge in [-0.2, -0.15) is 0 Å². The summed E-state index contributed by atoms with van der Waals surface area (Å²) in [6, 6.07) is 8.62. The van der Waals surface area contributed by atoms with E-state index in [9.17, 15) is 9.59 Å². The van der Waals surface area contributed by atoms with E-state index in [0.29, 0.717) is 25.3 Å². The molecule has 0 bridgehead atoms. The van der Waals surface area contributed by atoms with Gasteiger partial charge in [-0.05, 0) is 37.2 Å². The second kappa shape index (κ2) is 7.22. The van der Waals surface area contributed by atoms with Gasteiger partial charge in [0.2, 0.25) is 5.91 Å². The smallest absolute Gasteiger partial charge is 0.306 e. The molecule has 1 aromatic carbocycles. The highest BCUT2D eigenvalue weighted by atomic mass is 16.4. The van der Waals surface area contributed by atoms with Crippen LogP contribution < -0.4 is 11.1 Å². The third kappa shape index (κ3) is 4.29. The Morgan fingerprint density at radius 3 is 2.38 bits per heavy atom. The molecule has 1 aliphatic carbocycles. The van der Waals surface area contributed by atoms with Gasteiger partial charge in [0.25, 0.3) is 0 Å². The molecule has 114 valence electrons. The number of hydrogen-bond acceptors (Lipinski definition) is 3. The molecule has 1 fully saturated rings. The van der Waals surface area contributed by atoms with Crippen molar-refractivity contribution in [2.45, 2.75) is 31.7 Å². The first-order chi connectivity index (χ1) is 10.1. The summed E-state index contributed by atoms with van der Waals surface area (Å²) in [6.45, 7) is 0.575. The van der Waals surface area contributed by atoms with Crippen molar-refractivity contribution in [3.63, 3.8) is 0 Å². The van der Waals surface area contributed by atoms with Crippen LogP contribution in [0.15, 0.2) is 30.3 Å². The Hall–Kier alpha value is -1.88. The number of carboxylic acids is 1. The van der Waals surface area contributed by atoms with Crippen LogP contribution in [0.1, 0.15) is 37.3 Å². The lowest BCUT2D eigenvalue weighted by Crippen LogP contribution is -2.38. The summed E-state index contributed by atoms with van der Waals surface area (Å²) in [5.41, 5.74) is 6.72. The van der Waals surface area contributed by atoms with Crippen molar-refractivity contribution >= 4 is 11.9 Å². The number of carboxylic acid groups (broad SMARTS) is 1. The largest absolute Gasteiger partial charge is 0.481 e. The van der Waals surface area contributed by atoms with E-state index in [1.54, 1.807) is 0 Å². The van der Waals surface area contributed by atoms with E-state index >= 15 is 0 Å². The van der Waals surface area contributed by atoms with Crippen molar-refractivity contribution in [3.05, 3.63) is 35.9 Å². The number of carbonyl (C=O) groups is 2. The molecule has 0 aliphatic heterocycles. The summed E-state index contributed by atoms with van der Waals surface area (Å²) in [5.74, 6) is -0.749. The molecule has 0 radical (unpaired) electrons. The summed E-state index contributed by atoms with van der Waals surface area (Å²) in [5, 5.41) is 11.8. The number of hydrogen-bond donors (Lipinski definition) is 3. The molecule has 5 heteroatoms. The fourth-order valence-corrected chi connectivity index (χ4v) is 2.78. The lowest BCUT2D eigenvalue weighted by Gasteiger charge is -2.26. The lowest BCUT2D eigenvalue weighted by atomic mass is 9.82. The van der Waals surface area contributed by atoms with Gasteiger partial charge in [-0.3, -0.25) is 9.59 Å². The standard InChI is InChI=1S/C16H22N2O3/c17-14(12-4-2-1-3-5-12)15(19)18-10-11-6-8-13(9-7-11)16(20)21/h1-5,11,13-14H,6-10,17H2,(H,18,19)(H,20,21). The SMILES string of the molecule is NC(C(=O)NCC1CCC(C(=O)O)CC1)c1ccccc1. The quantitative estimate of drug-likeness (QED) is 0.769. The van der Waals surface area contributed by atoms with Gasteiger partial charge in [0.05, 0.1) is 5.92 Å². The van der Waals surface area contributed by atoms with E-state index in [1.807, 2.05) is 30.3 Å². The molecule has 4 N–H and O–H groups in total. The van der Waals surface area contributed by atoms with Crippen molar-refractivity contribution in [1.82, 2.24) is 5.32 Å². The Morgan fingerprint density at radius 1 is 1.19 bits per heavy atom. The van der Waals surface area contributed by atoms with Crippen LogP contribution in [0.5, 0.6) is 0 Å². The van der Waals surface area contributed by atoms with Gasteiger partial charge in [-0.1, -0.05) is 30.3 Å². The normalized spacial score (nSPS) is 23.3. The topological polar surface area (TPSA) is 92.4 Å². The van der Waals surface area contributed by atoms with Crippen molar-refractivity contribution in [3.8, 4) is 0 Å². The molecule has 1 aromatic rings. The Bertz CT molecular complexity index is 482. The molecule has 1 amide bonds. The highest BCUT2D eigenvalue weighted by molar-refractivity contribution is 5.82. The predicted molar refractivity (Wildman–Crippen MR) is 79.5 cm³/mol. The maximum atomic E-state index is 12.0. The zero-order valence-corrected chi connectivity index (χ0v) is 12.0. The molecule has 0 heterocycles. The van der Waals surface area contributed by atoms with E-state index in [2.05, 4.69) is 5.32 Å². The second-order valence-electron chi connectivity index (χ2n) is 5.69. The molecule has 1 aliphatic rings. The fourth-order valence-electron chi connectivity index (χ4n) is 2.78. The Balaban J connectivity index is 1.76. The zero-order valence-electron chi connectivity index (χ0n) is 12.0. The first kappa shape index (κ1) is 15.5. The van der Waals surface area contributed by atoms with Gasteiger partial charge in [-0.15, -0.1) is 0 Å². The van der Waals surface area contributed by atoms with Gasteiger partial charge in [-0.25, -0.2) is 0 Å². The number of nitrogens with one attached hydrogen (secondary N) is 1. The second-order valence-corrected chi connectivity index (χ2v) is 5.69. The minimum absolute atomic E-state index is 0.179. The van der Waals surface area contributed by atoms with Crippen LogP contribution >= 0.6 is 0 Å². The third-order valence-corrected chi connectivity index (χ3v) is 4.20. The van der Waals surface area contributed by atoms with E-state index in [1.165, 1.54) is 0 Å². The minimum atomic E-state index is -0.705. The summed E-state index contributed by atoms with van der Waals surface area (Å²) in [4.78, 5) is 22.9. The molecule has 0 aromatic heterocycles. The molecule has 5 nitrogen and oxygen atoms in total. The molecule has 0 spiro atoms. The number of amides is 1. The molecule has 1 unspecified atom stereocenters. The van der Waals surface area contributed by atoms with Crippen LogP contribution in [0.2, 0.25) is 0 Å².